The topological polar surface area (TPSA) is 86.7 Å². The Hall–Kier alpha value is -1.70. The van der Waals surface area contributed by atoms with Gasteiger partial charge in [0.25, 0.3) is 0 Å². The van der Waals surface area contributed by atoms with Crippen molar-refractivity contribution in [2.75, 3.05) is 5.75 Å². The molecule has 2 aliphatic rings. The molecule has 0 amide bonds. The monoisotopic (exact) mass is 440 g/mol. The number of esters is 1. The summed E-state index contributed by atoms with van der Waals surface area (Å²) in [5.74, 6) is -0.417. The van der Waals surface area contributed by atoms with E-state index in [4.69, 9.17) is 21.1 Å². The van der Waals surface area contributed by atoms with Gasteiger partial charge in [-0.1, -0.05) is 11.6 Å². The second-order valence-electron chi connectivity index (χ2n) is 7.75. The van der Waals surface area contributed by atoms with E-state index in [2.05, 4.69) is 0 Å². The maximum Gasteiger partial charge on any atom is 0.307 e. The summed E-state index contributed by atoms with van der Waals surface area (Å²) in [7, 11) is -3.51. The summed E-state index contributed by atoms with van der Waals surface area (Å²) in [6.07, 6.45) is 1.02. The Morgan fingerprint density at radius 3 is 2.59 bits per heavy atom. The lowest BCUT2D eigenvalue weighted by atomic mass is 9.88. The molecule has 3 rings (SSSR count). The van der Waals surface area contributed by atoms with Crippen molar-refractivity contribution in [2.45, 2.75) is 70.5 Å². The first-order valence-corrected chi connectivity index (χ1v) is 11.7. The smallest absolute Gasteiger partial charge is 0.307 e. The van der Waals surface area contributed by atoms with Crippen molar-refractivity contribution < 1.29 is 27.5 Å². The average molecular weight is 441 g/mol. The number of halogens is 1. The standard InChI is InChI=1S/C21H25ClO6S/c1-11(2)27-17-8-9-29(25,26)21-12(3)10-14(20(22)19(17)21)18-15(24)6-5-7-16(18)28-13(4)23/h10-11,17H,5-9H2,1-4H3. The molecule has 1 aromatic rings. The quantitative estimate of drug-likeness (QED) is 0.648. The van der Waals surface area contributed by atoms with E-state index < -0.39 is 21.9 Å². The number of aryl methyl sites for hydroxylation is 1. The van der Waals surface area contributed by atoms with Crippen LogP contribution in [0, 0.1) is 6.92 Å². The van der Waals surface area contributed by atoms with E-state index >= 15 is 0 Å². The number of ketones is 1. The molecular formula is C21H25ClO6S. The highest BCUT2D eigenvalue weighted by molar-refractivity contribution is 7.91. The number of Topliss-reactive ketones (excluding diaryl/α,β-unsaturated/α-hetero) is 1. The lowest BCUT2D eigenvalue weighted by Gasteiger charge is -2.31. The SMILES string of the molecule is CC(=O)OC1=C(c2cc(C)c3c(c2Cl)C(OC(C)C)CCS3(=O)=O)C(=O)CCC1. The molecule has 0 saturated heterocycles. The molecule has 0 bridgehead atoms. The zero-order valence-electron chi connectivity index (χ0n) is 17.0. The van der Waals surface area contributed by atoms with E-state index in [-0.39, 0.29) is 38.9 Å². The molecule has 6 nitrogen and oxygen atoms in total. The molecule has 158 valence electrons. The fourth-order valence-corrected chi connectivity index (χ4v) is 6.32. The number of hydrogen-bond acceptors (Lipinski definition) is 6. The van der Waals surface area contributed by atoms with Crippen molar-refractivity contribution in [3.05, 3.63) is 33.5 Å². The van der Waals surface area contributed by atoms with Crippen molar-refractivity contribution >= 4 is 38.8 Å². The molecule has 0 fully saturated rings. The van der Waals surface area contributed by atoms with Gasteiger partial charge in [-0.05, 0) is 45.2 Å². The number of benzene rings is 1. The third-order valence-electron chi connectivity index (χ3n) is 5.06. The molecule has 1 aromatic carbocycles. The largest absolute Gasteiger partial charge is 0.430 e. The molecule has 0 aromatic heterocycles. The molecule has 0 saturated carbocycles. The van der Waals surface area contributed by atoms with Crippen LogP contribution in [0.5, 0.6) is 0 Å². The maximum absolute atomic E-state index is 12.8. The van der Waals surface area contributed by atoms with Crippen LogP contribution in [-0.4, -0.2) is 32.0 Å². The van der Waals surface area contributed by atoms with Crippen LogP contribution in [0.1, 0.15) is 69.2 Å². The van der Waals surface area contributed by atoms with Crippen LogP contribution in [0.25, 0.3) is 5.57 Å². The summed E-state index contributed by atoms with van der Waals surface area (Å²) >= 11 is 6.73. The van der Waals surface area contributed by atoms with E-state index in [1.54, 1.807) is 13.0 Å². The van der Waals surface area contributed by atoms with E-state index in [0.717, 1.165) is 0 Å². The van der Waals surface area contributed by atoms with E-state index in [1.165, 1.54) is 6.92 Å². The summed E-state index contributed by atoms with van der Waals surface area (Å²) in [5, 5.41) is 0.175. The van der Waals surface area contributed by atoms with Gasteiger partial charge in [0.1, 0.15) is 5.76 Å². The Balaban J connectivity index is 2.30. The molecule has 1 heterocycles. The first-order chi connectivity index (χ1) is 13.5. The van der Waals surface area contributed by atoms with Gasteiger partial charge in [0.2, 0.25) is 0 Å². The van der Waals surface area contributed by atoms with Gasteiger partial charge in [-0.3, -0.25) is 9.59 Å². The number of hydrogen-bond donors (Lipinski definition) is 0. The van der Waals surface area contributed by atoms with Crippen molar-refractivity contribution in [1.29, 1.82) is 0 Å². The zero-order valence-corrected chi connectivity index (χ0v) is 18.6. The molecule has 1 unspecified atom stereocenters. The highest BCUT2D eigenvalue weighted by Gasteiger charge is 2.37. The third kappa shape index (κ3) is 4.27. The van der Waals surface area contributed by atoms with E-state index in [1.807, 2.05) is 13.8 Å². The van der Waals surface area contributed by atoms with Crippen LogP contribution < -0.4 is 0 Å². The minimum atomic E-state index is -3.51. The number of carbonyl (C=O) groups is 2. The van der Waals surface area contributed by atoms with Crippen LogP contribution in [-0.2, 0) is 28.9 Å². The summed E-state index contributed by atoms with van der Waals surface area (Å²) in [4.78, 5) is 24.5. The normalized spacial score (nSPS) is 21.3. The van der Waals surface area contributed by atoms with Gasteiger partial charge in [-0.2, -0.15) is 0 Å². The zero-order chi connectivity index (χ0) is 21.5. The van der Waals surface area contributed by atoms with Gasteiger partial charge in [0.15, 0.2) is 15.6 Å². The fourth-order valence-electron chi connectivity index (χ4n) is 4.05. The van der Waals surface area contributed by atoms with Crippen LogP contribution in [0.15, 0.2) is 16.7 Å². The molecule has 1 aliphatic heterocycles. The van der Waals surface area contributed by atoms with Gasteiger partial charge in [0.05, 0.1) is 33.5 Å². The fraction of sp³-hybridized carbons (Fsp3) is 0.524. The van der Waals surface area contributed by atoms with Crippen molar-refractivity contribution in [3.8, 4) is 0 Å². The first-order valence-electron chi connectivity index (χ1n) is 9.69. The third-order valence-corrected chi connectivity index (χ3v) is 7.40. The Kier molecular flexibility index (Phi) is 6.22. The highest BCUT2D eigenvalue weighted by atomic mass is 35.5. The molecule has 1 aliphatic carbocycles. The molecule has 29 heavy (non-hydrogen) atoms. The number of sulfone groups is 1. The summed E-state index contributed by atoms with van der Waals surface area (Å²) in [5.41, 5.74) is 1.56. The maximum atomic E-state index is 12.8. The molecule has 8 heteroatoms. The van der Waals surface area contributed by atoms with Crippen molar-refractivity contribution in [3.63, 3.8) is 0 Å². The highest BCUT2D eigenvalue weighted by Crippen LogP contribution is 2.46. The molecule has 0 radical (unpaired) electrons. The van der Waals surface area contributed by atoms with E-state index in [9.17, 15) is 18.0 Å². The van der Waals surface area contributed by atoms with Gasteiger partial charge in [0, 0.05) is 30.9 Å². The molecular weight excluding hydrogens is 416 g/mol. The molecule has 1 atom stereocenters. The van der Waals surface area contributed by atoms with Gasteiger partial charge < -0.3 is 9.47 Å². The predicted molar refractivity (Wildman–Crippen MR) is 109 cm³/mol. The number of ether oxygens (including phenoxy) is 2. The minimum Gasteiger partial charge on any atom is -0.430 e. The molecule has 0 spiro atoms. The number of rotatable bonds is 4. The summed E-state index contributed by atoms with van der Waals surface area (Å²) in [6.45, 7) is 6.72. The van der Waals surface area contributed by atoms with Gasteiger partial charge in [-0.25, -0.2) is 8.42 Å². The summed E-state index contributed by atoms with van der Waals surface area (Å²) < 4.78 is 36.8. The summed E-state index contributed by atoms with van der Waals surface area (Å²) in [6, 6.07) is 1.61. The average Bonchev–Trinajstić information content (AvgIpc) is 2.59. The first kappa shape index (κ1) is 22.0. The van der Waals surface area contributed by atoms with Crippen molar-refractivity contribution in [1.82, 2.24) is 0 Å². The van der Waals surface area contributed by atoms with Gasteiger partial charge in [-0.15, -0.1) is 0 Å². The lowest BCUT2D eigenvalue weighted by Crippen LogP contribution is -2.26. The number of carbonyl (C=O) groups excluding carboxylic acids is 2. The minimum absolute atomic E-state index is 0.0196. The van der Waals surface area contributed by atoms with Crippen molar-refractivity contribution in [2.24, 2.45) is 0 Å². The Morgan fingerprint density at radius 2 is 1.97 bits per heavy atom. The molecule has 0 N–H and O–H groups in total. The Morgan fingerprint density at radius 1 is 1.28 bits per heavy atom. The van der Waals surface area contributed by atoms with Crippen LogP contribution >= 0.6 is 11.6 Å². The predicted octanol–water partition coefficient (Wildman–Crippen LogP) is 4.32. The second-order valence-corrected chi connectivity index (χ2v) is 10.2. The lowest BCUT2D eigenvalue weighted by molar-refractivity contribution is -0.137. The Bertz CT molecular complexity index is 1010. The van der Waals surface area contributed by atoms with Crippen LogP contribution in [0.3, 0.4) is 0 Å². The van der Waals surface area contributed by atoms with Crippen LogP contribution in [0.4, 0.5) is 0 Å². The number of allylic oxidation sites excluding steroid dienone is 2. The van der Waals surface area contributed by atoms with Gasteiger partial charge >= 0.3 is 5.97 Å². The Labute approximate surface area is 176 Å². The number of fused-ring (bicyclic) bond motifs is 1. The van der Waals surface area contributed by atoms with E-state index in [0.29, 0.717) is 42.4 Å². The second kappa shape index (κ2) is 8.20. The van der Waals surface area contributed by atoms with Crippen LogP contribution in [0.2, 0.25) is 5.02 Å².